The summed E-state index contributed by atoms with van der Waals surface area (Å²) in [7, 11) is 1.68. The quantitative estimate of drug-likeness (QED) is 0.776. The van der Waals surface area contributed by atoms with E-state index in [1.54, 1.807) is 7.11 Å². The SMILES string of the molecule is COc1ccc2cc(CC3CO3)[nH]c2c1. The molecule has 1 aromatic heterocycles. The maximum absolute atomic E-state index is 5.21. The molecule has 0 spiro atoms. The average molecular weight is 203 g/mol. The molecule has 1 unspecified atom stereocenters. The van der Waals surface area contributed by atoms with Gasteiger partial charge in [-0.2, -0.15) is 0 Å². The summed E-state index contributed by atoms with van der Waals surface area (Å²) >= 11 is 0. The highest BCUT2D eigenvalue weighted by Gasteiger charge is 2.23. The van der Waals surface area contributed by atoms with Crippen LogP contribution in [0.5, 0.6) is 5.75 Å². The van der Waals surface area contributed by atoms with E-state index in [0.717, 1.165) is 24.3 Å². The van der Waals surface area contributed by atoms with E-state index in [2.05, 4.69) is 17.1 Å². The molecule has 0 amide bonds. The minimum Gasteiger partial charge on any atom is -0.497 e. The fourth-order valence-electron chi connectivity index (χ4n) is 1.83. The van der Waals surface area contributed by atoms with Crippen LogP contribution in [0.25, 0.3) is 10.9 Å². The topological polar surface area (TPSA) is 37.5 Å². The van der Waals surface area contributed by atoms with E-state index in [-0.39, 0.29) is 0 Å². The molecule has 0 radical (unpaired) electrons. The monoisotopic (exact) mass is 203 g/mol. The molecular formula is C12H13NO2. The Morgan fingerprint density at radius 2 is 2.33 bits per heavy atom. The second-order valence-electron chi connectivity index (χ2n) is 3.91. The number of methoxy groups -OCH3 is 1. The zero-order chi connectivity index (χ0) is 10.3. The van der Waals surface area contributed by atoms with E-state index < -0.39 is 0 Å². The van der Waals surface area contributed by atoms with Gasteiger partial charge in [-0.15, -0.1) is 0 Å². The van der Waals surface area contributed by atoms with Crippen LogP contribution in [0.4, 0.5) is 0 Å². The van der Waals surface area contributed by atoms with Crippen molar-refractivity contribution in [1.29, 1.82) is 0 Å². The predicted octanol–water partition coefficient (Wildman–Crippen LogP) is 2.12. The van der Waals surface area contributed by atoms with Crippen LogP contribution < -0.4 is 4.74 Å². The van der Waals surface area contributed by atoms with Crippen molar-refractivity contribution in [2.24, 2.45) is 0 Å². The van der Waals surface area contributed by atoms with Crippen molar-refractivity contribution < 1.29 is 9.47 Å². The molecule has 1 aliphatic rings. The number of rotatable bonds is 3. The normalized spacial score (nSPS) is 19.4. The minimum atomic E-state index is 0.431. The Morgan fingerprint density at radius 1 is 1.47 bits per heavy atom. The Bertz CT molecular complexity index is 485. The first-order valence-electron chi connectivity index (χ1n) is 5.12. The van der Waals surface area contributed by atoms with Crippen molar-refractivity contribution in [3.63, 3.8) is 0 Å². The summed E-state index contributed by atoms with van der Waals surface area (Å²) in [5, 5.41) is 1.23. The lowest BCUT2D eigenvalue weighted by Crippen LogP contribution is -1.91. The molecule has 2 aromatic rings. The van der Waals surface area contributed by atoms with Crippen LogP contribution in [0.15, 0.2) is 24.3 Å². The summed E-state index contributed by atoms with van der Waals surface area (Å²) in [6.07, 6.45) is 1.41. The van der Waals surface area contributed by atoms with E-state index in [4.69, 9.17) is 9.47 Å². The standard InChI is InChI=1S/C12H13NO2/c1-14-10-3-2-8-4-9(5-11-7-15-11)13-12(8)6-10/h2-4,6,11,13H,5,7H2,1H3. The Morgan fingerprint density at radius 3 is 3.07 bits per heavy atom. The first-order chi connectivity index (χ1) is 7.35. The summed E-state index contributed by atoms with van der Waals surface area (Å²) < 4.78 is 10.4. The number of nitrogens with one attached hydrogen (secondary N) is 1. The second-order valence-corrected chi connectivity index (χ2v) is 3.91. The number of H-pyrrole nitrogens is 1. The molecule has 1 N–H and O–H groups in total. The van der Waals surface area contributed by atoms with Gasteiger partial charge in [-0.25, -0.2) is 0 Å². The van der Waals surface area contributed by atoms with E-state index in [0.29, 0.717) is 6.10 Å². The van der Waals surface area contributed by atoms with Crippen molar-refractivity contribution in [1.82, 2.24) is 4.98 Å². The highest BCUT2D eigenvalue weighted by Crippen LogP contribution is 2.23. The van der Waals surface area contributed by atoms with E-state index in [9.17, 15) is 0 Å². The maximum Gasteiger partial charge on any atom is 0.120 e. The van der Waals surface area contributed by atoms with Crippen molar-refractivity contribution >= 4 is 10.9 Å². The molecule has 1 aromatic carbocycles. The Labute approximate surface area is 88.0 Å². The first-order valence-corrected chi connectivity index (χ1v) is 5.12. The van der Waals surface area contributed by atoms with Gasteiger partial charge in [0.25, 0.3) is 0 Å². The predicted molar refractivity (Wildman–Crippen MR) is 58.3 cm³/mol. The summed E-state index contributed by atoms with van der Waals surface area (Å²) in [4.78, 5) is 3.38. The molecule has 3 rings (SSSR count). The third-order valence-electron chi connectivity index (χ3n) is 2.74. The average Bonchev–Trinajstić information content (AvgIpc) is 2.96. The fraction of sp³-hybridized carbons (Fsp3) is 0.333. The smallest absolute Gasteiger partial charge is 0.120 e. The van der Waals surface area contributed by atoms with E-state index in [1.807, 2.05) is 12.1 Å². The number of aromatic amines is 1. The number of hydrogen-bond acceptors (Lipinski definition) is 2. The summed E-state index contributed by atoms with van der Waals surface area (Å²) in [5.74, 6) is 0.888. The molecule has 15 heavy (non-hydrogen) atoms. The molecular weight excluding hydrogens is 190 g/mol. The summed E-state index contributed by atoms with van der Waals surface area (Å²) in [6, 6.07) is 8.25. The largest absolute Gasteiger partial charge is 0.497 e. The molecule has 2 heterocycles. The van der Waals surface area contributed by atoms with Gasteiger partial charge in [-0.1, -0.05) is 0 Å². The number of hydrogen-bond donors (Lipinski definition) is 1. The molecule has 78 valence electrons. The van der Waals surface area contributed by atoms with Gasteiger partial charge in [0, 0.05) is 23.7 Å². The highest BCUT2D eigenvalue weighted by molar-refractivity contribution is 5.81. The number of aromatic nitrogens is 1. The van der Waals surface area contributed by atoms with Gasteiger partial charge in [0.15, 0.2) is 0 Å². The van der Waals surface area contributed by atoms with Gasteiger partial charge in [0.2, 0.25) is 0 Å². The second kappa shape index (κ2) is 3.28. The first kappa shape index (κ1) is 8.80. The van der Waals surface area contributed by atoms with Crippen LogP contribution >= 0.6 is 0 Å². The third kappa shape index (κ3) is 1.70. The number of benzene rings is 1. The van der Waals surface area contributed by atoms with Crippen molar-refractivity contribution in [3.05, 3.63) is 30.0 Å². The molecule has 0 saturated carbocycles. The molecule has 1 atom stereocenters. The van der Waals surface area contributed by atoms with Gasteiger partial charge in [0.1, 0.15) is 5.75 Å². The molecule has 3 nitrogen and oxygen atoms in total. The van der Waals surface area contributed by atoms with Crippen LogP contribution in [-0.2, 0) is 11.2 Å². The summed E-state index contributed by atoms with van der Waals surface area (Å²) in [6.45, 7) is 0.901. The molecule has 1 saturated heterocycles. The number of fused-ring (bicyclic) bond motifs is 1. The van der Waals surface area contributed by atoms with Crippen molar-refractivity contribution in [2.75, 3.05) is 13.7 Å². The number of ether oxygens (including phenoxy) is 2. The molecule has 1 aliphatic heterocycles. The zero-order valence-corrected chi connectivity index (χ0v) is 8.62. The zero-order valence-electron chi connectivity index (χ0n) is 8.62. The lowest BCUT2D eigenvalue weighted by molar-refractivity contribution is 0.406. The van der Waals surface area contributed by atoms with Crippen molar-refractivity contribution in [3.8, 4) is 5.75 Å². The van der Waals surface area contributed by atoms with Gasteiger partial charge in [0.05, 0.1) is 19.8 Å². The molecule has 1 fully saturated rings. The fourth-order valence-corrected chi connectivity index (χ4v) is 1.83. The van der Waals surface area contributed by atoms with Crippen LogP contribution in [0.3, 0.4) is 0 Å². The highest BCUT2D eigenvalue weighted by atomic mass is 16.6. The van der Waals surface area contributed by atoms with Crippen molar-refractivity contribution in [2.45, 2.75) is 12.5 Å². The van der Waals surface area contributed by atoms with Gasteiger partial charge in [-0.3, -0.25) is 0 Å². The number of epoxide rings is 1. The Hall–Kier alpha value is -1.48. The van der Waals surface area contributed by atoms with Crippen LogP contribution in [0.2, 0.25) is 0 Å². The lowest BCUT2D eigenvalue weighted by atomic mass is 10.2. The summed E-state index contributed by atoms with van der Waals surface area (Å²) in [5.41, 5.74) is 2.37. The minimum absolute atomic E-state index is 0.431. The van der Waals surface area contributed by atoms with E-state index in [1.165, 1.54) is 11.1 Å². The molecule has 0 bridgehead atoms. The van der Waals surface area contributed by atoms with Crippen LogP contribution in [0, 0.1) is 0 Å². The van der Waals surface area contributed by atoms with Crippen LogP contribution in [-0.4, -0.2) is 24.8 Å². The lowest BCUT2D eigenvalue weighted by Gasteiger charge is -1.97. The van der Waals surface area contributed by atoms with E-state index >= 15 is 0 Å². The van der Waals surface area contributed by atoms with Crippen LogP contribution in [0.1, 0.15) is 5.69 Å². The van der Waals surface area contributed by atoms with Gasteiger partial charge < -0.3 is 14.5 Å². The Balaban J connectivity index is 1.97. The Kier molecular flexibility index (Phi) is 1.92. The third-order valence-corrected chi connectivity index (χ3v) is 2.74. The van der Waals surface area contributed by atoms with Gasteiger partial charge in [-0.05, 0) is 23.6 Å². The molecule has 0 aliphatic carbocycles. The molecule has 3 heteroatoms. The van der Waals surface area contributed by atoms with Gasteiger partial charge >= 0.3 is 0 Å². The maximum atomic E-state index is 5.21.